The standard InChI is InChI=1S/C10H18N2O4S/c1-7-8(13)12(5-6-17(4,15)16)10(2,3)9(14)11-7/h7H,5-6H2,1-4H3,(H,11,14). The van der Waals surface area contributed by atoms with Crippen LogP contribution in [-0.4, -0.2) is 55.3 Å². The SMILES string of the molecule is CC1NC(=O)C(C)(C)N(CCS(C)(=O)=O)C1=O. The molecule has 0 aromatic rings. The highest BCUT2D eigenvalue weighted by molar-refractivity contribution is 7.90. The molecule has 1 rings (SSSR count). The van der Waals surface area contributed by atoms with E-state index in [-0.39, 0.29) is 24.1 Å². The van der Waals surface area contributed by atoms with Crippen molar-refractivity contribution >= 4 is 21.7 Å². The molecule has 1 saturated heterocycles. The summed E-state index contributed by atoms with van der Waals surface area (Å²) >= 11 is 0. The van der Waals surface area contributed by atoms with Gasteiger partial charge in [0.15, 0.2) is 0 Å². The number of sulfone groups is 1. The number of nitrogens with zero attached hydrogens (tertiary/aromatic N) is 1. The summed E-state index contributed by atoms with van der Waals surface area (Å²) < 4.78 is 22.2. The lowest BCUT2D eigenvalue weighted by Crippen LogP contribution is -2.68. The second-order valence-corrected chi connectivity index (χ2v) is 7.13. The first-order valence-corrected chi connectivity index (χ1v) is 7.42. The summed E-state index contributed by atoms with van der Waals surface area (Å²) in [6, 6.07) is -0.602. The minimum absolute atomic E-state index is 0.0441. The predicted octanol–water partition coefficient (Wildman–Crippen LogP) is -0.843. The molecule has 1 aliphatic heterocycles. The second kappa shape index (κ2) is 4.29. The Morgan fingerprint density at radius 2 is 1.88 bits per heavy atom. The van der Waals surface area contributed by atoms with Gasteiger partial charge in [0.2, 0.25) is 11.8 Å². The minimum atomic E-state index is -3.16. The van der Waals surface area contributed by atoms with Gasteiger partial charge in [0.1, 0.15) is 21.4 Å². The van der Waals surface area contributed by atoms with Crippen LogP contribution >= 0.6 is 0 Å². The van der Waals surface area contributed by atoms with Crippen molar-refractivity contribution in [2.24, 2.45) is 0 Å². The molecule has 1 fully saturated rings. The Morgan fingerprint density at radius 1 is 1.35 bits per heavy atom. The van der Waals surface area contributed by atoms with Crippen molar-refractivity contribution in [1.82, 2.24) is 10.2 Å². The molecule has 0 bridgehead atoms. The zero-order valence-electron chi connectivity index (χ0n) is 10.5. The fourth-order valence-corrected chi connectivity index (χ4v) is 2.23. The zero-order chi connectivity index (χ0) is 13.4. The molecule has 98 valence electrons. The van der Waals surface area contributed by atoms with Crippen molar-refractivity contribution in [2.75, 3.05) is 18.6 Å². The molecule has 1 atom stereocenters. The van der Waals surface area contributed by atoms with Gasteiger partial charge in [-0.25, -0.2) is 8.42 Å². The molecule has 1 unspecified atom stereocenters. The lowest BCUT2D eigenvalue weighted by atomic mass is 9.96. The quantitative estimate of drug-likeness (QED) is 0.718. The molecule has 0 aliphatic carbocycles. The fourth-order valence-electron chi connectivity index (χ4n) is 1.71. The third-order valence-electron chi connectivity index (χ3n) is 2.90. The first kappa shape index (κ1) is 14.0. The highest BCUT2D eigenvalue weighted by Crippen LogP contribution is 2.20. The summed E-state index contributed by atoms with van der Waals surface area (Å²) in [5.74, 6) is -0.654. The third-order valence-corrected chi connectivity index (χ3v) is 3.82. The molecule has 6 nitrogen and oxygen atoms in total. The van der Waals surface area contributed by atoms with Crippen molar-refractivity contribution in [2.45, 2.75) is 32.4 Å². The molecule has 17 heavy (non-hydrogen) atoms. The summed E-state index contributed by atoms with van der Waals surface area (Å²) in [4.78, 5) is 25.0. The van der Waals surface area contributed by atoms with Crippen LogP contribution in [0.3, 0.4) is 0 Å². The van der Waals surface area contributed by atoms with E-state index >= 15 is 0 Å². The molecule has 1 heterocycles. The lowest BCUT2D eigenvalue weighted by Gasteiger charge is -2.43. The van der Waals surface area contributed by atoms with Crippen molar-refractivity contribution in [3.8, 4) is 0 Å². The van der Waals surface area contributed by atoms with Crippen molar-refractivity contribution < 1.29 is 18.0 Å². The monoisotopic (exact) mass is 262 g/mol. The summed E-state index contributed by atoms with van der Waals surface area (Å²) in [6.07, 6.45) is 1.11. The molecule has 0 radical (unpaired) electrons. The highest BCUT2D eigenvalue weighted by atomic mass is 32.2. The Hall–Kier alpha value is -1.11. The van der Waals surface area contributed by atoms with Gasteiger partial charge >= 0.3 is 0 Å². The van der Waals surface area contributed by atoms with Crippen LogP contribution in [0.5, 0.6) is 0 Å². The van der Waals surface area contributed by atoms with Gasteiger partial charge in [0.05, 0.1) is 5.75 Å². The molecule has 1 aliphatic rings. The Kier molecular flexibility index (Phi) is 3.52. The Bertz CT molecular complexity index is 441. The first-order chi connectivity index (χ1) is 7.55. The van der Waals surface area contributed by atoms with Crippen LogP contribution in [0, 0.1) is 0 Å². The number of rotatable bonds is 3. The number of carbonyl (C=O) groups is 2. The van der Waals surface area contributed by atoms with Crippen molar-refractivity contribution in [3.63, 3.8) is 0 Å². The average Bonchev–Trinajstić information content (AvgIpc) is 2.13. The van der Waals surface area contributed by atoms with E-state index < -0.39 is 21.4 Å². The van der Waals surface area contributed by atoms with E-state index in [2.05, 4.69) is 5.32 Å². The van der Waals surface area contributed by atoms with Gasteiger partial charge in [-0.1, -0.05) is 0 Å². The number of carbonyl (C=O) groups excluding carboxylic acids is 2. The number of piperazine rings is 1. The molecule has 0 spiro atoms. The normalized spacial score (nSPS) is 24.7. The van der Waals surface area contributed by atoms with Crippen LogP contribution < -0.4 is 5.32 Å². The molecule has 1 N–H and O–H groups in total. The predicted molar refractivity (Wildman–Crippen MR) is 63.1 cm³/mol. The zero-order valence-corrected chi connectivity index (χ0v) is 11.3. The third kappa shape index (κ3) is 2.96. The molecule has 2 amide bonds. The van der Waals surface area contributed by atoms with Gasteiger partial charge in [-0.05, 0) is 20.8 Å². The van der Waals surface area contributed by atoms with E-state index in [9.17, 15) is 18.0 Å². The van der Waals surface area contributed by atoms with E-state index in [1.807, 2.05) is 0 Å². The lowest BCUT2D eigenvalue weighted by molar-refractivity contribution is -0.154. The van der Waals surface area contributed by atoms with Gasteiger partial charge in [-0.3, -0.25) is 9.59 Å². The maximum atomic E-state index is 11.9. The van der Waals surface area contributed by atoms with Gasteiger partial charge in [-0.2, -0.15) is 0 Å². The number of amides is 2. The molecule has 0 aromatic heterocycles. The van der Waals surface area contributed by atoms with E-state index in [0.29, 0.717) is 0 Å². The van der Waals surface area contributed by atoms with Crippen molar-refractivity contribution in [3.05, 3.63) is 0 Å². The van der Waals surface area contributed by atoms with E-state index in [4.69, 9.17) is 0 Å². The molecular weight excluding hydrogens is 244 g/mol. The Morgan fingerprint density at radius 3 is 2.35 bits per heavy atom. The van der Waals surface area contributed by atoms with E-state index in [1.165, 1.54) is 4.90 Å². The number of hydrogen-bond acceptors (Lipinski definition) is 4. The van der Waals surface area contributed by atoms with Crippen LogP contribution in [0.25, 0.3) is 0 Å². The summed E-state index contributed by atoms with van der Waals surface area (Å²) in [6.45, 7) is 4.84. The van der Waals surface area contributed by atoms with Gasteiger partial charge in [0.25, 0.3) is 0 Å². The summed E-state index contributed by atoms with van der Waals surface area (Å²) in [5, 5.41) is 2.57. The van der Waals surface area contributed by atoms with Gasteiger partial charge in [-0.15, -0.1) is 0 Å². The fraction of sp³-hybridized carbons (Fsp3) is 0.800. The molecule has 0 aromatic carbocycles. The molecular formula is C10H18N2O4S. The van der Waals surface area contributed by atoms with Crippen LogP contribution in [0.1, 0.15) is 20.8 Å². The minimum Gasteiger partial charge on any atom is -0.343 e. The van der Waals surface area contributed by atoms with Gasteiger partial charge in [0, 0.05) is 12.8 Å². The summed E-state index contributed by atoms with van der Waals surface area (Å²) in [7, 11) is -3.16. The maximum absolute atomic E-state index is 11.9. The largest absolute Gasteiger partial charge is 0.343 e. The van der Waals surface area contributed by atoms with Crippen LogP contribution in [-0.2, 0) is 19.4 Å². The highest BCUT2D eigenvalue weighted by Gasteiger charge is 2.44. The summed E-state index contributed by atoms with van der Waals surface area (Å²) in [5.41, 5.74) is -1.01. The Labute approximate surface area is 101 Å². The topological polar surface area (TPSA) is 83.6 Å². The second-order valence-electron chi connectivity index (χ2n) is 4.87. The van der Waals surface area contributed by atoms with Crippen LogP contribution in [0.4, 0.5) is 0 Å². The molecule has 7 heteroatoms. The maximum Gasteiger partial charge on any atom is 0.246 e. The number of hydrogen-bond donors (Lipinski definition) is 1. The van der Waals surface area contributed by atoms with Gasteiger partial charge < -0.3 is 10.2 Å². The van der Waals surface area contributed by atoms with Crippen molar-refractivity contribution in [1.29, 1.82) is 0 Å². The number of nitrogens with one attached hydrogen (secondary N) is 1. The first-order valence-electron chi connectivity index (χ1n) is 5.36. The van der Waals surface area contributed by atoms with Crippen LogP contribution in [0.15, 0.2) is 0 Å². The van der Waals surface area contributed by atoms with Crippen LogP contribution in [0.2, 0.25) is 0 Å². The van der Waals surface area contributed by atoms with E-state index in [1.54, 1.807) is 20.8 Å². The smallest absolute Gasteiger partial charge is 0.246 e. The van der Waals surface area contributed by atoms with E-state index in [0.717, 1.165) is 6.26 Å². The average molecular weight is 262 g/mol. The molecule has 0 saturated carbocycles. The Balaban J connectivity index is 2.92.